The Morgan fingerprint density at radius 3 is 2.67 bits per heavy atom. The van der Waals surface area contributed by atoms with Gasteiger partial charge in [0.15, 0.2) is 11.5 Å². The molecular weight excluding hydrogens is 270 g/mol. The summed E-state index contributed by atoms with van der Waals surface area (Å²) in [6.07, 6.45) is 1.80. The maximum Gasteiger partial charge on any atom is 0.231 e. The second-order valence-corrected chi connectivity index (χ2v) is 6.56. The second-order valence-electron chi connectivity index (χ2n) is 6.56. The Morgan fingerprint density at radius 2 is 1.90 bits per heavy atom. The van der Waals surface area contributed by atoms with Gasteiger partial charge >= 0.3 is 0 Å². The van der Waals surface area contributed by atoms with Gasteiger partial charge in [-0.25, -0.2) is 0 Å². The SMILES string of the molecule is CC1(C)Oc2c(ccc3c2OCO3)C(O)C1N1CCCC1. The number of aliphatic hydroxyl groups is 1. The summed E-state index contributed by atoms with van der Waals surface area (Å²) in [5, 5.41) is 10.9. The lowest BCUT2D eigenvalue weighted by molar-refractivity contribution is -0.0768. The van der Waals surface area contributed by atoms with Crippen molar-refractivity contribution in [3.8, 4) is 17.2 Å². The molecule has 21 heavy (non-hydrogen) atoms. The van der Waals surface area contributed by atoms with Crippen LogP contribution in [0.5, 0.6) is 17.2 Å². The maximum absolute atomic E-state index is 10.9. The Hall–Kier alpha value is -1.46. The number of nitrogens with zero attached hydrogens (tertiary/aromatic N) is 1. The van der Waals surface area contributed by atoms with Crippen LogP contribution in [-0.4, -0.2) is 41.5 Å². The van der Waals surface area contributed by atoms with Crippen LogP contribution >= 0.6 is 0 Å². The van der Waals surface area contributed by atoms with Crippen molar-refractivity contribution < 1.29 is 19.3 Å². The molecule has 3 heterocycles. The third-order valence-corrected chi connectivity index (χ3v) is 4.75. The standard InChI is InChI=1S/C16H21NO4/c1-16(2)15(17-7-3-4-8-17)12(18)10-5-6-11-14(13(10)21-16)20-9-19-11/h5-6,12,15,18H,3-4,7-9H2,1-2H3. The monoisotopic (exact) mass is 291 g/mol. The molecule has 3 aliphatic heterocycles. The molecule has 0 amide bonds. The van der Waals surface area contributed by atoms with Gasteiger partial charge < -0.3 is 19.3 Å². The number of rotatable bonds is 1. The van der Waals surface area contributed by atoms with E-state index in [1.165, 1.54) is 12.8 Å². The zero-order valence-electron chi connectivity index (χ0n) is 12.5. The smallest absolute Gasteiger partial charge is 0.231 e. The van der Waals surface area contributed by atoms with Crippen LogP contribution in [0, 0.1) is 0 Å². The van der Waals surface area contributed by atoms with Crippen molar-refractivity contribution in [3.05, 3.63) is 17.7 Å². The number of hydrogen-bond donors (Lipinski definition) is 1. The molecule has 0 bridgehead atoms. The summed E-state index contributed by atoms with van der Waals surface area (Å²) in [5.41, 5.74) is 0.327. The number of aliphatic hydroxyl groups excluding tert-OH is 1. The number of benzene rings is 1. The van der Waals surface area contributed by atoms with Gasteiger partial charge in [-0.15, -0.1) is 0 Å². The highest BCUT2D eigenvalue weighted by Gasteiger charge is 2.48. The molecule has 1 fully saturated rings. The number of hydrogen-bond acceptors (Lipinski definition) is 5. The minimum Gasteiger partial charge on any atom is -0.482 e. The summed E-state index contributed by atoms with van der Waals surface area (Å²) in [6, 6.07) is 3.71. The third-order valence-electron chi connectivity index (χ3n) is 4.75. The van der Waals surface area contributed by atoms with Crippen LogP contribution in [0.2, 0.25) is 0 Å². The topological polar surface area (TPSA) is 51.2 Å². The Morgan fingerprint density at radius 1 is 1.14 bits per heavy atom. The van der Waals surface area contributed by atoms with E-state index in [4.69, 9.17) is 14.2 Å². The highest BCUT2D eigenvalue weighted by atomic mass is 16.7. The van der Waals surface area contributed by atoms with E-state index in [2.05, 4.69) is 4.90 Å². The van der Waals surface area contributed by atoms with Gasteiger partial charge in [0.25, 0.3) is 0 Å². The van der Waals surface area contributed by atoms with E-state index in [0.29, 0.717) is 17.2 Å². The first-order valence-electron chi connectivity index (χ1n) is 7.61. The molecule has 114 valence electrons. The minimum absolute atomic E-state index is 0.0344. The second kappa shape index (κ2) is 4.52. The first-order valence-corrected chi connectivity index (χ1v) is 7.61. The van der Waals surface area contributed by atoms with Crippen LogP contribution < -0.4 is 14.2 Å². The van der Waals surface area contributed by atoms with Gasteiger partial charge in [-0.2, -0.15) is 0 Å². The highest BCUT2D eigenvalue weighted by molar-refractivity contribution is 5.59. The van der Waals surface area contributed by atoms with E-state index in [0.717, 1.165) is 18.7 Å². The minimum atomic E-state index is -0.573. The van der Waals surface area contributed by atoms with Gasteiger partial charge in [-0.3, -0.25) is 4.90 Å². The molecule has 1 aromatic rings. The lowest BCUT2D eigenvalue weighted by Gasteiger charge is -2.47. The van der Waals surface area contributed by atoms with Crippen LogP contribution in [0.1, 0.15) is 38.4 Å². The van der Waals surface area contributed by atoms with Crippen molar-refractivity contribution in [1.29, 1.82) is 0 Å². The molecule has 5 heteroatoms. The molecule has 0 radical (unpaired) electrons. The quantitative estimate of drug-likeness (QED) is 0.858. The number of fused-ring (bicyclic) bond motifs is 3. The largest absolute Gasteiger partial charge is 0.482 e. The fourth-order valence-electron chi connectivity index (χ4n) is 3.83. The van der Waals surface area contributed by atoms with Gasteiger partial charge in [-0.1, -0.05) is 0 Å². The van der Waals surface area contributed by atoms with Gasteiger partial charge in [-0.05, 0) is 51.9 Å². The first kappa shape index (κ1) is 13.2. The lowest BCUT2D eigenvalue weighted by Crippen LogP contribution is -2.57. The predicted octanol–water partition coefficient (Wildman–Crippen LogP) is 2.08. The molecule has 0 aromatic heterocycles. The van der Waals surface area contributed by atoms with Crippen molar-refractivity contribution in [3.63, 3.8) is 0 Å². The Balaban J connectivity index is 1.78. The van der Waals surface area contributed by atoms with E-state index in [1.54, 1.807) is 0 Å². The fraction of sp³-hybridized carbons (Fsp3) is 0.625. The van der Waals surface area contributed by atoms with Crippen LogP contribution in [-0.2, 0) is 0 Å². The molecule has 2 atom stereocenters. The van der Waals surface area contributed by atoms with Gasteiger partial charge in [0, 0.05) is 5.56 Å². The molecule has 4 rings (SSSR count). The zero-order valence-corrected chi connectivity index (χ0v) is 12.5. The molecule has 3 aliphatic rings. The maximum atomic E-state index is 10.9. The van der Waals surface area contributed by atoms with Crippen LogP contribution in [0.3, 0.4) is 0 Å². The molecule has 2 unspecified atom stereocenters. The molecule has 0 aliphatic carbocycles. The van der Waals surface area contributed by atoms with Crippen molar-refractivity contribution in [2.75, 3.05) is 19.9 Å². The third kappa shape index (κ3) is 1.91. The van der Waals surface area contributed by atoms with Crippen molar-refractivity contribution >= 4 is 0 Å². The molecule has 1 N–H and O–H groups in total. The van der Waals surface area contributed by atoms with Gasteiger partial charge in [0.2, 0.25) is 12.5 Å². The number of likely N-dealkylation sites (tertiary alicyclic amines) is 1. The average molecular weight is 291 g/mol. The van der Waals surface area contributed by atoms with E-state index in [9.17, 15) is 5.11 Å². The van der Waals surface area contributed by atoms with Crippen LogP contribution in [0.15, 0.2) is 12.1 Å². The average Bonchev–Trinajstić information content (AvgIpc) is 3.07. The summed E-state index contributed by atoms with van der Waals surface area (Å²) in [5.74, 6) is 1.95. The van der Waals surface area contributed by atoms with Crippen molar-refractivity contribution in [2.24, 2.45) is 0 Å². The van der Waals surface area contributed by atoms with E-state index >= 15 is 0 Å². The van der Waals surface area contributed by atoms with E-state index < -0.39 is 11.7 Å². The summed E-state index contributed by atoms with van der Waals surface area (Å²) in [7, 11) is 0. The predicted molar refractivity (Wildman–Crippen MR) is 76.8 cm³/mol. The Bertz CT molecular complexity index is 566. The summed E-state index contributed by atoms with van der Waals surface area (Å²) >= 11 is 0. The van der Waals surface area contributed by atoms with Crippen molar-refractivity contribution in [2.45, 2.75) is 44.4 Å². The molecule has 1 saturated heterocycles. The van der Waals surface area contributed by atoms with Crippen LogP contribution in [0.4, 0.5) is 0 Å². The number of ether oxygens (including phenoxy) is 3. The fourth-order valence-corrected chi connectivity index (χ4v) is 3.83. The lowest BCUT2D eigenvalue weighted by atomic mass is 9.85. The van der Waals surface area contributed by atoms with Crippen LogP contribution in [0.25, 0.3) is 0 Å². The zero-order chi connectivity index (χ0) is 14.6. The van der Waals surface area contributed by atoms with Gasteiger partial charge in [0.1, 0.15) is 11.7 Å². The highest BCUT2D eigenvalue weighted by Crippen LogP contribution is 2.51. The van der Waals surface area contributed by atoms with E-state index in [-0.39, 0.29) is 12.8 Å². The normalized spacial score (nSPS) is 30.0. The molecule has 5 nitrogen and oxygen atoms in total. The van der Waals surface area contributed by atoms with Gasteiger partial charge in [0.05, 0.1) is 6.04 Å². The first-order chi connectivity index (χ1) is 10.1. The Labute approximate surface area is 124 Å². The van der Waals surface area contributed by atoms with E-state index in [1.807, 2.05) is 26.0 Å². The van der Waals surface area contributed by atoms with Crippen molar-refractivity contribution in [1.82, 2.24) is 4.90 Å². The molecule has 1 aromatic carbocycles. The summed E-state index contributed by atoms with van der Waals surface area (Å²) in [6.45, 7) is 6.33. The molecule has 0 saturated carbocycles. The molecular formula is C16H21NO4. The Kier molecular flexibility index (Phi) is 2.84. The molecule has 0 spiro atoms. The summed E-state index contributed by atoms with van der Waals surface area (Å²) < 4.78 is 17.2. The summed E-state index contributed by atoms with van der Waals surface area (Å²) in [4.78, 5) is 2.35.